The Kier molecular flexibility index (Phi) is 5.04. The van der Waals surface area contributed by atoms with Gasteiger partial charge in [0.05, 0.1) is 28.5 Å². The summed E-state index contributed by atoms with van der Waals surface area (Å²) in [6.07, 6.45) is -2.98. The lowest BCUT2D eigenvalue weighted by atomic mass is 10.1. The van der Waals surface area contributed by atoms with Crippen molar-refractivity contribution in [3.63, 3.8) is 0 Å². The minimum Gasteiger partial charge on any atom is -0.394 e. The summed E-state index contributed by atoms with van der Waals surface area (Å²) < 4.78 is 18.7. The van der Waals surface area contributed by atoms with E-state index in [0.29, 0.717) is 11.3 Å². The Morgan fingerprint density at radius 1 is 1.43 bits per heavy atom. The van der Waals surface area contributed by atoms with Crippen molar-refractivity contribution >= 4 is 28.1 Å². The first kappa shape index (κ1) is 16.0. The van der Waals surface area contributed by atoms with Gasteiger partial charge in [0.2, 0.25) is 0 Å². The van der Waals surface area contributed by atoms with Crippen molar-refractivity contribution in [1.82, 2.24) is 9.97 Å². The third kappa shape index (κ3) is 3.29. The van der Waals surface area contributed by atoms with Crippen molar-refractivity contribution in [1.29, 1.82) is 0 Å². The first-order chi connectivity index (χ1) is 9.95. The second kappa shape index (κ2) is 6.61. The summed E-state index contributed by atoms with van der Waals surface area (Å²) >= 11 is 1.39. The van der Waals surface area contributed by atoms with E-state index in [-0.39, 0.29) is 0 Å². The molecule has 0 saturated carbocycles. The average Bonchev–Trinajstić information content (AvgIpc) is 2.89. The van der Waals surface area contributed by atoms with Crippen LogP contribution in [0.5, 0.6) is 0 Å². The Hall–Kier alpha value is -1.35. The van der Waals surface area contributed by atoms with Crippen LogP contribution >= 0.6 is 11.3 Å². The topological polar surface area (TPSA) is 101 Å². The van der Waals surface area contributed by atoms with Gasteiger partial charge in [-0.3, -0.25) is 0 Å². The number of nitrogens with two attached hydrogens (primary N) is 1. The lowest BCUT2D eigenvalue weighted by Gasteiger charge is -2.25. The Bertz CT molecular complexity index is 607. The van der Waals surface area contributed by atoms with E-state index >= 15 is 0 Å². The number of nitrogens with zero attached hydrogens (tertiary/aromatic N) is 2. The van der Waals surface area contributed by atoms with Crippen molar-refractivity contribution in [2.24, 2.45) is 0 Å². The van der Waals surface area contributed by atoms with E-state index in [2.05, 4.69) is 9.97 Å². The molecule has 0 unspecified atom stereocenters. The number of fused-ring (bicyclic) bond motifs is 1. The molecule has 4 atom stereocenters. The Balaban J connectivity index is 2.22. The molecule has 0 aliphatic heterocycles. The fraction of sp³-hybridized carbons (Fsp3) is 0.538. The first-order valence-corrected chi connectivity index (χ1v) is 7.39. The van der Waals surface area contributed by atoms with Crippen molar-refractivity contribution in [2.75, 3.05) is 12.3 Å². The van der Waals surface area contributed by atoms with E-state index in [1.165, 1.54) is 24.6 Å². The normalized spacial score (nSPS) is 17.6. The van der Waals surface area contributed by atoms with Gasteiger partial charge < -0.3 is 20.7 Å². The first-order valence-electron chi connectivity index (χ1n) is 6.51. The Morgan fingerprint density at radius 2 is 2.14 bits per heavy atom. The van der Waals surface area contributed by atoms with Gasteiger partial charge in [0.25, 0.3) is 0 Å². The molecule has 21 heavy (non-hydrogen) atoms. The van der Waals surface area contributed by atoms with Crippen LogP contribution in [0.3, 0.4) is 0 Å². The zero-order valence-corrected chi connectivity index (χ0v) is 12.5. The lowest BCUT2D eigenvalue weighted by molar-refractivity contribution is -0.111. The number of aliphatic hydroxyl groups excluding tert-OH is 2. The van der Waals surface area contributed by atoms with E-state index < -0.39 is 31.1 Å². The third-order valence-corrected chi connectivity index (χ3v) is 4.36. The largest absolute Gasteiger partial charge is 0.394 e. The molecule has 2 rings (SSSR count). The molecule has 8 heteroatoms. The monoisotopic (exact) mass is 315 g/mol. The van der Waals surface area contributed by atoms with Gasteiger partial charge in [0.1, 0.15) is 30.5 Å². The van der Waals surface area contributed by atoms with Crippen LogP contribution in [0.2, 0.25) is 0 Å². The molecule has 0 aliphatic rings. The van der Waals surface area contributed by atoms with Crippen molar-refractivity contribution in [3.05, 3.63) is 16.6 Å². The molecule has 0 aromatic carbocycles. The molecule has 4 N–H and O–H groups in total. The number of halogens is 1. The minimum atomic E-state index is -1.49. The molecule has 116 valence electrons. The van der Waals surface area contributed by atoms with Crippen LogP contribution in [0.25, 0.3) is 10.9 Å². The molecule has 0 fully saturated rings. The third-order valence-electron chi connectivity index (χ3n) is 3.23. The summed E-state index contributed by atoms with van der Waals surface area (Å²) in [4.78, 5) is 8.88. The zero-order valence-electron chi connectivity index (χ0n) is 11.7. The molecule has 0 amide bonds. The van der Waals surface area contributed by atoms with E-state index in [4.69, 9.17) is 10.5 Å². The molecule has 0 aliphatic carbocycles. The lowest BCUT2D eigenvalue weighted by Crippen LogP contribution is -2.38. The maximum absolute atomic E-state index is 13.2. The smallest absolute Gasteiger partial charge is 0.135 e. The highest BCUT2D eigenvalue weighted by Crippen LogP contribution is 2.34. The maximum atomic E-state index is 13.2. The number of ether oxygens (including phenoxy) is 1. The highest BCUT2D eigenvalue weighted by molar-refractivity contribution is 7.11. The number of alkyl halides is 1. The highest BCUT2D eigenvalue weighted by atomic mass is 32.1. The molecule has 2 aromatic heterocycles. The number of anilines is 1. The number of hydrogen-bond donors (Lipinski definition) is 3. The van der Waals surface area contributed by atoms with Crippen LogP contribution in [0, 0.1) is 0 Å². The SMILES string of the molecule is C[C@@H](O[C@H](CO)[C@@H](O)[C@@H](C)F)c1scc2c(N)ncnc12. The van der Waals surface area contributed by atoms with Crippen molar-refractivity contribution in [3.8, 4) is 0 Å². The van der Waals surface area contributed by atoms with Gasteiger partial charge in [-0.2, -0.15) is 0 Å². The van der Waals surface area contributed by atoms with Crippen molar-refractivity contribution < 1.29 is 19.3 Å². The summed E-state index contributed by atoms with van der Waals surface area (Å²) in [7, 11) is 0. The molecular weight excluding hydrogens is 297 g/mol. The number of rotatable bonds is 6. The van der Waals surface area contributed by atoms with Crippen LogP contribution in [0.4, 0.5) is 10.2 Å². The number of thiophene rings is 1. The predicted molar refractivity (Wildman–Crippen MR) is 78.8 cm³/mol. The molecule has 0 radical (unpaired) electrons. The summed E-state index contributed by atoms with van der Waals surface area (Å²) in [5.74, 6) is 0.380. The van der Waals surface area contributed by atoms with Crippen molar-refractivity contribution in [2.45, 2.75) is 38.3 Å². The van der Waals surface area contributed by atoms with E-state index in [0.717, 1.165) is 10.3 Å². The Labute approximate surface area is 125 Å². The number of hydrogen-bond acceptors (Lipinski definition) is 7. The van der Waals surface area contributed by atoms with Gasteiger partial charge in [0, 0.05) is 5.38 Å². The second-order valence-corrected chi connectivity index (χ2v) is 5.70. The average molecular weight is 315 g/mol. The molecule has 0 saturated heterocycles. The molecular formula is C13H18FN3O3S. The molecule has 6 nitrogen and oxygen atoms in total. The summed E-state index contributed by atoms with van der Waals surface area (Å²) in [5, 5.41) is 21.5. The molecule has 2 heterocycles. The minimum absolute atomic E-state index is 0.380. The van der Waals surface area contributed by atoms with Gasteiger partial charge in [-0.1, -0.05) is 0 Å². The van der Waals surface area contributed by atoms with E-state index in [1.807, 2.05) is 5.38 Å². The fourth-order valence-electron chi connectivity index (χ4n) is 2.04. The second-order valence-electron chi connectivity index (χ2n) is 4.79. The summed E-state index contributed by atoms with van der Waals surface area (Å²) in [6, 6.07) is 0. The summed E-state index contributed by atoms with van der Waals surface area (Å²) in [6.45, 7) is 2.50. The van der Waals surface area contributed by atoms with Gasteiger partial charge in [-0.05, 0) is 13.8 Å². The summed E-state index contributed by atoms with van der Waals surface area (Å²) in [5.41, 5.74) is 6.44. The fourth-order valence-corrected chi connectivity index (χ4v) is 3.04. The quantitative estimate of drug-likeness (QED) is 0.745. The van der Waals surface area contributed by atoms with Crippen LogP contribution < -0.4 is 5.73 Å². The van der Waals surface area contributed by atoms with Crippen LogP contribution in [0.15, 0.2) is 11.7 Å². The number of nitrogen functional groups attached to an aromatic ring is 1. The standard InChI is InChI=1S/C13H18FN3O3S/c1-6(14)11(19)9(3-18)20-7(2)12-10-8(4-21-12)13(15)17-5-16-10/h4-7,9,11,18-19H,3H2,1-2H3,(H2,15,16,17)/t6-,7-,9-,11+/m1/s1. The Morgan fingerprint density at radius 3 is 2.76 bits per heavy atom. The number of aliphatic hydroxyl groups is 2. The molecule has 0 spiro atoms. The zero-order chi connectivity index (χ0) is 15.6. The van der Waals surface area contributed by atoms with Crippen LogP contribution in [-0.2, 0) is 4.74 Å². The maximum Gasteiger partial charge on any atom is 0.135 e. The number of aromatic nitrogens is 2. The van der Waals surface area contributed by atoms with E-state index in [9.17, 15) is 14.6 Å². The van der Waals surface area contributed by atoms with Crippen LogP contribution in [-0.4, -0.2) is 45.2 Å². The molecule has 2 aromatic rings. The predicted octanol–water partition coefficient (Wildman–Crippen LogP) is 1.43. The van der Waals surface area contributed by atoms with Gasteiger partial charge >= 0.3 is 0 Å². The van der Waals surface area contributed by atoms with Gasteiger partial charge in [-0.15, -0.1) is 11.3 Å². The van der Waals surface area contributed by atoms with Gasteiger partial charge in [-0.25, -0.2) is 14.4 Å². The van der Waals surface area contributed by atoms with Gasteiger partial charge in [0.15, 0.2) is 0 Å². The van der Waals surface area contributed by atoms with E-state index in [1.54, 1.807) is 6.92 Å². The highest BCUT2D eigenvalue weighted by Gasteiger charge is 2.28. The van der Waals surface area contributed by atoms with Crippen LogP contribution in [0.1, 0.15) is 24.8 Å². The molecule has 0 bridgehead atoms.